The maximum absolute atomic E-state index is 8.75. The van der Waals surface area contributed by atoms with Crippen LogP contribution in [0.2, 0.25) is 0 Å². The van der Waals surface area contributed by atoms with Crippen molar-refractivity contribution < 1.29 is 9.52 Å². The lowest BCUT2D eigenvalue weighted by Crippen LogP contribution is -2.21. The van der Waals surface area contributed by atoms with Crippen LogP contribution in [-0.4, -0.2) is 41.5 Å². The Kier molecular flexibility index (Phi) is 3.17. The topological polar surface area (TPSA) is 74.4 Å². The molecule has 84 valence electrons. The molecular formula is C9H16N4O2. The van der Waals surface area contributed by atoms with E-state index < -0.39 is 0 Å². The molecule has 15 heavy (non-hydrogen) atoms. The van der Waals surface area contributed by atoms with Crippen molar-refractivity contribution in [1.82, 2.24) is 15.5 Å². The number of aliphatic hydroxyl groups is 1. The van der Waals surface area contributed by atoms with Gasteiger partial charge in [0.25, 0.3) is 0 Å². The zero-order valence-electron chi connectivity index (χ0n) is 8.81. The van der Waals surface area contributed by atoms with Gasteiger partial charge in [0.05, 0.1) is 13.2 Å². The molecule has 0 radical (unpaired) electrons. The second kappa shape index (κ2) is 4.59. The first-order valence-corrected chi connectivity index (χ1v) is 5.17. The second-order valence-corrected chi connectivity index (χ2v) is 3.78. The molecule has 0 atom stereocenters. The first kappa shape index (κ1) is 10.4. The van der Waals surface area contributed by atoms with E-state index in [1.807, 2.05) is 7.05 Å². The highest BCUT2D eigenvalue weighted by molar-refractivity contribution is 5.21. The monoisotopic (exact) mass is 212 g/mol. The van der Waals surface area contributed by atoms with Gasteiger partial charge in [0.2, 0.25) is 5.89 Å². The fourth-order valence-corrected chi connectivity index (χ4v) is 1.24. The largest absolute Gasteiger partial charge is 0.407 e. The molecule has 6 nitrogen and oxygen atoms in total. The van der Waals surface area contributed by atoms with Gasteiger partial charge >= 0.3 is 6.01 Å². The van der Waals surface area contributed by atoms with Crippen LogP contribution < -0.4 is 10.2 Å². The Morgan fingerprint density at radius 3 is 3.00 bits per heavy atom. The van der Waals surface area contributed by atoms with Crippen molar-refractivity contribution in [3.05, 3.63) is 5.89 Å². The molecule has 0 spiro atoms. The van der Waals surface area contributed by atoms with E-state index in [1.165, 1.54) is 12.8 Å². The third-order valence-electron chi connectivity index (χ3n) is 2.34. The van der Waals surface area contributed by atoms with E-state index in [9.17, 15) is 0 Å². The number of likely N-dealkylation sites (N-methyl/N-ethyl adjacent to an activating group) is 1. The molecule has 1 aromatic rings. The summed E-state index contributed by atoms with van der Waals surface area (Å²) in [5, 5.41) is 19.8. The highest BCUT2D eigenvalue weighted by Gasteiger charge is 2.21. The summed E-state index contributed by atoms with van der Waals surface area (Å²) in [6.07, 6.45) is 2.48. The molecule has 0 amide bonds. The summed E-state index contributed by atoms with van der Waals surface area (Å²) in [6.45, 7) is 1.21. The highest BCUT2D eigenvalue weighted by Crippen LogP contribution is 2.19. The quantitative estimate of drug-likeness (QED) is 0.677. The molecule has 0 aliphatic heterocycles. The average Bonchev–Trinajstić information content (AvgIpc) is 2.93. The zero-order chi connectivity index (χ0) is 10.7. The Morgan fingerprint density at radius 1 is 1.53 bits per heavy atom. The second-order valence-electron chi connectivity index (χ2n) is 3.78. The number of anilines is 1. The molecule has 1 heterocycles. The Bertz CT molecular complexity index is 311. The van der Waals surface area contributed by atoms with E-state index in [0.29, 0.717) is 31.0 Å². The summed E-state index contributed by atoms with van der Waals surface area (Å²) in [7, 11) is 1.81. The molecule has 1 aliphatic carbocycles. The van der Waals surface area contributed by atoms with Gasteiger partial charge < -0.3 is 19.7 Å². The Labute approximate surface area is 88.3 Å². The van der Waals surface area contributed by atoms with Crippen molar-refractivity contribution in [3.8, 4) is 0 Å². The van der Waals surface area contributed by atoms with Gasteiger partial charge in [-0.2, -0.15) is 0 Å². The Balaban J connectivity index is 1.84. The highest BCUT2D eigenvalue weighted by atomic mass is 16.4. The molecule has 0 aromatic carbocycles. The smallest absolute Gasteiger partial charge is 0.318 e. The van der Waals surface area contributed by atoms with Gasteiger partial charge in [-0.3, -0.25) is 0 Å². The molecule has 1 fully saturated rings. The molecule has 2 N–H and O–H groups in total. The number of aromatic nitrogens is 2. The minimum atomic E-state index is 0.0779. The van der Waals surface area contributed by atoms with Crippen LogP contribution in [-0.2, 0) is 6.54 Å². The molecule has 0 saturated heterocycles. The molecule has 1 saturated carbocycles. The van der Waals surface area contributed by atoms with Crippen molar-refractivity contribution >= 4 is 6.01 Å². The molecule has 1 aromatic heterocycles. The summed E-state index contributed by atoms with van der Waals surface area (Å²) < 4.78 is 5.41. The maximum Gasteiger partial charge on any atom is 0.318 e. The number of rotatable bonds is 6. The van der Waals surface area contributed by atoms with Crippen molar-refractivity contribution in [2.75, 3.05) is 25.1 Å². The van der Waals surface area contributed by atoms with Crippen LogP contribution in [0.1, 0.15) is 18.7 Å². The minimum absolute atomic E-state index is 0.0779. The van der Waals surface area contributed by atoms with Gasteiger partial charge in [-0.25, -0.2) is 0 Å². The lowest BCUT2D eigenvalue weighted by Gasteiger charge is -2.10. The Morgan fingerprint density at radius 2 is 2.33 bits per heavy atom. The van der Waals surface area contributed by atoms with Crippen LogP contribution in [0.3, 0.4) is 0 Å². The van der Waals surface area contributed by atoms with Crippen LogP contribution in [0.4, 0.5) is 6.01 Å². The van der Waals surface area contributed by atoms with E-state index in [1.54, 1.807) is 4.90 Å². The molecule has 2 rings (SSSR count). The lowest BCUT2D eigenvalue weighted by molar-refractivity contribution is 0.301. The van der Waals surface area contributed by atoms with Gasteiger partial charge in [0.1, 0.15) is 0 Å². The van der Waals surface area contributed by atoms with Gasteiger partial charge in [0.15, 0.2) is 0 Å². The Hall–Kier alpha value is -1.14. The predicted octanol–water partition coefficient (Wildman–Crippen LogP) is -0.250. The van der Waals surface area contributed by atoms with E-state index in [4.69, 9.17) is 9.52 Å². The first-order chi connectivity index (χ1) is 7.29. The van der Waals surface area contributed by atoms with Crippen molar-refractivity contribution in [2.45, 2.75) is 25.4 Å². The van der Waals surface area contributed by atoms with Crippen molar-refractivity contribution in [1.29, 1.82) is 0 Å². The standard InChI is InChI=1S/C9H16N4O2/c1-13(4-5-14)9-12-11-8(15-9)6-10-7-2-3-7/h7,10,14H,2-6H2,1H3. The number of nitrogens with zero attached hydrogens (tertiary/aromatic N) is 3. The van der Waals surface area contributed by atoms with Crippen molar-refractivity contribution in [3.63, 3.8) is 0 Å². The molecule has 0 unspecified atom stereocenters. The third-order valence-corrected chi connectivity index (χ3v) is 2.34. The number of hydrogen-bond donors (Lipinski definition) is 2. The summed E-state index contributed by atoms with van der Waals surface area (Å²) in [4.78, 5) is 1.73. The van der Waals surface area contributed by atoms with E-state index in [2.05, 4.69) is 15.5 Å². The minimum Gasteiger partial charge on any atom is -0.407 e. The fourth-order valence-electron chi connectivity index (χ4n) is 1.24. The lowest BCUT2D eigenvalue weighted by atomic mass is 10.6. The van der Waals surface area contributed by atoms with Crippen LogP contribution >= 0.6 is 0 Å². The van der Waals surface area contributed by atoms with Gasteiger partial charge in [-0.15, -0.1) is 5.10 Å². The SMILES string of the molecule is CN(CCO)c1nnc(CNC2CC2)o1. The van der Waals surface area contributed by atoms with Crippen LogP contribution in [0.5, 0.6) is 0 Å². The first-order valence-electron chi connectivity index (χ1n) is 5.17. The maximum atomic E-state index is 8.75. The summed E-state index contributed by atoms with van der Waals surface area (Å²) in [6, 6.07) is 1.09. The molecule has 6 heteroatoms. The predicted molar refractivity (Wildman–Crippen MR) is 54.5 cm³/mol. The number of nitrogens with one attached hydrogen (secondary N) is 1. The fraction of sp³-hybridized carbons (Fsp3) is 0.778. The van der Waals surface area contributed by atoms with Crippen LogP contribution in [0.15, 0.2) is 4.42 Å². The third kappa shape index (κ3) is 2.90. The molecular weight excluding hydrogens is 196 g/mol. The summed E-state index contributed by atoms with van der Waals surface area (Å²) in [5.41, 5.74) is 0. The average molecular weight is 212 g/mol. The zero-order valence-corrected chi connectivity index (χ0v) is 8.81. The normalized spacial score (nSPS) is 15.6. The van der Waals surface area contributed by atoms with E-state index in [-0.39, 0.29) is 6.61 Å². The van der Waals surface area contributed by atoms with Gasteiger partial charge in [0, 0.05) is 19.6 Å². The van der Waals surface area contributed by atoms with Gasteiger partial charge in [-0.1, -0.05) is 5.10 Å². The summed E-state index contributed by atoms with van der Waals surface area (Å²) in [5.74, 6) is 0.599. The van der Waals surface area contributed by atoms with E-state index >= 15 is 0 Å². The van der Waals surface area contributed by atoms with Crippen LogP contribution in [0.25, 0.3) is 0 Å². The number of hydrogen-bond acceptors (Lipinski definition) is 6. The molecule has 1 aliphatic rings. The van der Waals surface area contributed by atoms with Crippen LogP contribution in [0, 0.1) is 0 Å². The van der Waals surface area contributed by atoms with E-state index in [0.717, 1.165) is 0 Å². The summed E-state index contributed by atoms with van der Waals surface area (Å²) >= 11 is 0. The van der Waals surface area contributed by atoms with Crippen molar-refractivity contribution in [2.24, 2.45) is 0 Å². The number of aliphatic hydroxyl groups excluding tert-OH is 1. The van der Waals surface area contributed by atoms with Gasteiger partial charge in [-0.05, 0) is 12.8 Å². The molecule has 0 bridgehead atoms.